The number of rotatable bonds is 2. The quantitative estimate of drug-likeness (QED) is 0.758. The van der Waals surface area contributed by atoms with Crippen molar-refractivity contribution in [2.45, 2.75) is 23.5 Å². The Kier molecular flexibility index (Phi) is 3.56. The van der Waals surface area contributed by atoms with Crippen molar-refractivity contribution in [1.29, 1.82) is 0 Å². The van der Waals surface area contributed by atoms with E-state index < -0.39 is 15.8 Å². The molecule has 0 saturated carbocycles. The molecule has 0 amide bonds. The maximum Gasteiger partial charge on any atom is 0.240 e. The summed E-state index contributed by atoms with van der Waals surface area (Å²) < 4.78 is 34.2. The molecule has 3 rings (SSSR count). The minimum atomic E-state index is -3.80. The molecule has 1 aromatic carbocycles. The van der Waals surface area contributed by atoms with E-state index in [4.69, 9.17) is 20.3 Å². The molecule has 116 valence electrons. The number of ether oxygens (including phenoxy) is 2. The first kappa shape index (κ1) is 14.6. The van der Waals surface area contributed by atoms with Gasteiger partial charge in [-0.25, -0.2) is 13.6 Å². The van der Waals surface area contributed by atoms with Crippen LogP contribution in [0.1, 0.15) is 12.8 Å². The molecular weight excluding hydrogens is 294 g/mol. The molecular formula is C13H19N3O4S. The van der Waals surface area contributed by atoms with Gasteiger partial charge in [0.2, 0.25) is 10.0 Å². The normalized spacial score (nSPS) is 21.9. The van der Waals surface area contributed by atoms with Gasteiger partial charge in [0.05, 0.1) is 25.4 Å². The van der Waals surface area contributed by atoms with Crippen LogP contribution in [0.2, 0.25) is 0 Å². The summed E-state index contributed by atoms with van der Waals surface area (Å²) >= 11 is 0. The molecule has 0 unspecified atom stereocenters. The number of nitrogens with zero attached hydrogens (tertiary/aromatic N) is 1. The third-order valence-corrected chi connectivity index (χ3v) is 4.88. The van der Waals surface area contributed by atoms with Crippen LogP contribution in [0.25, 0.3) is 0 Å². The average Bonchev–Trinajstić information content (AvgIpc) is 2.85. The smallest absolute Gasteiger partial charge is 0.240 e. The standard InChI is InChI=1S/C13H19N3O4S/c14-11-8-10(2-3-12(11)21(15,17)18)16-5-1-4-13(9-16)19-6-7-20-13/h2-3,8H,1,4-7,9,14H2,(H2,15,17,18). The third-order valence-electron chi connectivity index (χ3n) is 3.90. The van der Waals surface area contributed by atoms with E-state index >= 15 is 0 Å². The molecule has 7 nitrogen and oxygen atoms in total. The molecule has 2 heterocycles. The minimum Gasteiger partial charge on any atom is -0.398 e. The second kappa shape index (κ2) is 5.13. The van der Waals surface area contributed by atoms with E-state index in [0.717, 1.165) is 25.1 Å². The average molecular weight is 313 g/mol. The number of primary sulfonamides is 1. The Bertz CT molecular complexity index is 641. The van der Waals surface area contributed by atoms with Crippen LogP contribution in [0, 0.1) is 0 Å². The summed E-state index contributed by atoms with van der Waals surface area (Å²) in [5.74, 6) is -0.536. The van der Waals surface area contributed by atoms with Gasteiger partial charge in [-0.3, -0.25) is 0 Å². The van der Waals surface area contributed by atoms with Gasteiger partial charge in [0.1, 0.15) is 4.90 Å². The summed E-state index contributed by atoms with van der Waals surface area (Å²) in [6.07, 6.45) is 1.81. The van der Waals surface area contributed by atoms with Crippen molar-refractivity contribution >= 4 is 21.4 Å². The van der Waals surface area contributed by atoms with E-state index in [1.165, 1.54) is 6.07 Å². The summed E-state index contributed by atoms with van der Waals surface area (Å²) in [6, 6.07) is 4.79. The molecule has 0 atom stereocenters. The fourth-order valence-electron chi connectivity index (χ4n) is 2.93. The maximum atomic E-state index is 11.4. The van der Waals surface area contributed by atoms with Crippen LogP contribution < -0.4 is 15.8 Å². The highest BCUT2D eigenvalue weighted by Gasteiger charge is 2.40. The maximum absolute atomic E-state index is 11.4. The second-order valence-electron chi connectivity index (χ2n) is 5.40. The van der Waals surface area contributed by atoms with E-state index in [-0.39, 0.29) is 10.6 Å². The first-order chi connectivity index (χ1) is 9.90. The number of anilines is 2. The van der Waals surface area contributed by atoms with Crippen LogP contribution in [-0.4, -0.2) is 40.5 Å². The topological polar surface area (TPSA) is 108 Å². The highest BCUT2D eigenvalue weighted by molar-refractivity contribution is 7.89. The van der Waals surface area contributed by atoms with Gasteiger partial charge in [0, 0.05) is 18.7 Å². The molecule has 1 spiro atoms. The molecule has 4 N–H and O–H groups in total. The second-order valence-corrected chi connectivity index (χ2v) is 6.93. The zero-order valence-corrected chi connectivity index (χ0v) is 12.4. The van der Waals surface area contributed by atoms with E-state index in [9.17, 15) is 8.42 Å². The first-order valence-electron chi connectivity index (χ1n) is 6.85. The fraction of sp³-hybridized carbons (Fsp3) is 0.538. The van der Waals surface area contributed by atoms with E-state index in [0.29, 0.717) is 19.8 Å². The Hall–Kier alpha value is -1.35. The van der Waals surface area contributed by atoms with Crippen LogP contribution in [0.15, 0.2) is 23.1 Å². The lowest BCUT2D eigenvalue weighted by atomic mass is 10.0. The van der Waals surface area contributed by atoms with Gasteiger partial charge in [0.15, 0.2) is 5.79 Å². The molecule has 0 aromatic heterocycles. The van der Waals surface area contributed by atoms with Crippen molar-refractivity contribution < 1.29 is 17.9 Å². The van der Waals surface area contributed by atoms with Crippen molar-refractivity contribution in [3.05, 3.63) is 18.2 Å². The SMILES string of the molecule is Nc1cc(N2CCCC3(C2)OCCO3)ccc1S(N)(=O)=O. The summed E-state index contributed by atoms with van der Waals surface area (Å²) in [7, 11) is -3.80. The molecule has 0 bridgehead atoms. The Morgan fingerprint density at radius 3 is 2.57 bits per heavy atom. The molecule has 21 heavy (non-hydrogen) atoms. The molecule has 2 aliphatic rings. The van der Waals surface area contributed by atoms with Crippen molar-refractivity contribution in [1.82, 2.24) is 0 Å². The highest BCUT2D eigenvalue weighted by atomic mass is 32.2. The number of hydrogen-bond acceptors (Lipinski definition) is 6. The predicted octanol–water partition coefficient (Wildman–Crippen LogP) is 0.260. The molecule has 0 aliphatic carbocycles. The lowest BCUT2D eigenvalue weighted by molar-refractivity contribution is -0.161. The largest absolute Gasteiger partial charge is 0.398 e. The first-order valence-corrected chi connectivity index (χ1v) is 8.39. The van der Waals surface area contributed by atoms with E-state index in [2.05, 4.69) is 4.90 Å². The zero-order chi connectivity index (χ0) is 15.1. The number of nitrogen functional groups attached to an aromatic ring is 1. The number of benzene rings is 1. The number of nitrogens with two attached hydrogens (primary N) is 2. The van der Waals surface area contributed by atoms with Gasteiger partial charge in [-0.2, -0.15) is 0 Å². The molecule has 0 radical (unpaired) electrons. The highest BCUT2D eigenvalue weighted by Crippen LogP contribution is 2.33. The van der Waals surface area contributed by atoms with Crippen LogP contribution in [-0.2, 0) is 19.5 Å². The zero-order valence-electron chi connectivity index (χ0n) is 11.6. The molecule has 8 heteroatoms. The van der Waals surface area contributed by atoms with Gasteiger partial charge in [-0.15, -0.1) is 0 Å². The summed E-state index contributed by atoms with van der Waals surface area (Å²) in [5, 5.41) is 5.12. The number of piperidine rings is 1. The lowest BCUT2D eigenvalue weighted by Crippen LogP contribution is -2.49. The molecule has 2 saturated heterocycles. The van der Waals surface area contributed by atoms with Gasteiger partial charge < -0.3 is 20.1 Å². The van der Waals surface area contributed by atoms with Crippen molar-refractivity contribution in [2.75, 3.05) is 36.9 Å². The molecule has 2 fully saturated rings. The number of hydrogen-bond donors (Lipinski definition) is 2. The lowest BCUT2D eigenvalue weighted by Gasteiger charge is -2.39. The van der Waals surface area contributed by atoms with Crippen LogP contribution in [0.5, 0.6) is 0 Å². The number of sulfonamides is 1. The Morgan fingerprint density at radius 2 is 1.95 bits per heavy atom. The van der Waals surface area contributed by atoms with Gasteiger partial charge in [-0.1, -0.05) is 0 Å². The van der Waals surface area contributed by atoms with Crippen LogP contribution in [0.3, 0.4) is 0 Å². The Labute approximate surface area is 123 Å². The fourth-order valence-corrected chi connectivity index (χ4v) is 3.58. The van der Waals surface area contributed by atoms with Crippen molar-refractivity contribution in [3.63, 3.8) is 0 Å². The third kappa shape index (κ3) is 2.84. The van der Waals surface area contributed by atoms with Gasteiger partial charge in [-0.05, 0) is 24.6 Å². The van der Waals surface area contributed by atoms with E-state index in [1.54, 1.807) is 12.1 Å². The Morgan fingerprint density at radius 1 is 1.24 bits per heavy atom. The minimum absolute atomic E-state index is 0.0497. The van der Waals surface area contributed by atoms with Gasteiger partial charge >= 0.3 is 0 Å². The monoisotopic (exact) mass is 313 g/mol. The van der Waals surface area contributed by atoms with Crippen LogP contribution in [0.4, 0.5) is 11.4 Å². The summed E-state index contributed by atoms with van der Waals surface area (Å²) in [4.78, 5) is 2.05. The van der Waals surface area contributed by atoms with Gasteiger partial charge in [0.25, 0.3) is 0 Å². The molecule has 1 aromatic rings. The summed E-state index contributed by atoms with van der Waals surface area (Å²) in [5.41, 5.74) is 6.81. The Balaban J connectivity index is 1.85. The van der Waals surface area contributed by atoms with E-state index in [1.807, 2.05) is 0 Å². The predicted molar refractivity (Wildman–Crippen MR) is 78.3 cm³/mol. The van der Waals surface area contributed by atoms with Crippen molar-refractivity contribution in [3.8, 4) is 0 Å². The molecule has 2 aliphatic heterocycles. The van der Waals surface area contributed by atoms with Crippen molar-refractivity contribution in [2.24, 2.45) is 5.14 Å². The summed E-state index contributed by atoms with van der Waals surface area (Å²) in [6.45, 7) is 2.68. The van der Waals surface area contributed by atoms with Crippen LogP contribution >= 0.6 is 0 Å².